The first kappa shape index (κ1) is 6.45. The zero-order chi connectivity index (χ0) is 7.30. The van der Waals surface area contributed by atoms with Gasteiger partial charge in [-0.25, -0.2) is 0 Å². The first-order valence-corrected chi connectivity index (χ1v) is 4.39. The van der Waals surface area contributed by atoms with Crippen molar-refractivity contribution >= 4 is 0 Å². The van der Waals surface area contributed by atoms with Crippen LogP contribution in [0.1, 0.15) is 26.7 Å². The highest BCUT2D eigenvalue weighted by atomic mass is 14.5. The lowest BCUT2D eigenvalue weighted by molar-refractivity contribution is 0.0895. The smallest absolute Gasteiger partial charge is 0.0171 e. The third-order valence-corrected chi connectivity index (χ3v) is 3.58. The summed E-state index contributed by atoms with van der Waals surface area (Å²) in [6.45, 7) is 8.90. The highest BCUT2D eigenvalue weighted by Crippen LogP contribution is 2.54. The van der Waals surface area contributed by atoms with Gasteiger partial charge in [-0.15, -0.1) is 0 Å². The van der Waals surface area contributed by atoms with Crippen molar-refractivity contribution in [1.29, 1.82) is 0 Å². The molecule has 10 heavy (non-hydrogen) atoms. The Balaban J connectivity index is 2.17. The zero-order valence-electron chi connectivity index (χ0n) is 6.93. The Kier molecular flexibility index (Phi) is 1.21. The van der Waals surface area contributed by atoms with Crippen molar-refractivity contribution in [3.8, 4) is 0 Å². The summed E-state index contributed by atoms with van der Waals surface area (Å²) >= 11 is 0. The molecule has 0 aromatic heterocycles. The van der Waals surface area contributed by atoms with Crippen LogP contribution in [0.25, 0.3) is 0 Å². The summed E-state index contributed by atoms with van der Waals surface area (Å²) in [6, 6.07) is 0. The molecule has 0 nitrogen and oxygen atoms in total. The van der Waals surface area contributed by atoms with Gasteiger partial charge in [-0.05, 0) is 36.5 Å². The predicted octanol–water partition coefficient (Wildman–Crippen LogP) is 2.85. The Hall–Kier alpha value is -0.260. The van der Waals surface area contributed by atoms with Crippen LogP contribution < -0.4 is 0 Å². The van der Waals surface area contributed by atoms with Crippen molar-refractivity contribution in [3.05, 3.63) is 12.2 Å². The monoisotopic (exact) mass is 136 g/mol. The number of allylic oxidation sites excluding steroid dienone is 1. The van der Waals surface area contributed by atoms with E-state index in [0.717, 1.165) is 23.7 Å². The van der Waals surface area contributed by atoms with E-state index in [-0.39, 0.29) is 0 Å². The molecule has 0 spiro atoms. The SMILES string of the molecule is C=C1C2CC1C(C)CC2C. The lowest BCUT2D eigenvalue weighted by atomic mass is 9.54. The van der Waals surface area contributed by atoms with Crippen molar-refractivity contribution in [1.82, 2.24) is 0 Å². The average molecular weight is 136 g/mol. The summed E-state index contributed by atoms with van der Waals surface area (Å²) in [4.78, 5) is 0. The van der Waals surface area contributed by atoms with Crippen LogP contribution in [0.5, 0.6) is 0 Å². The molecule has 0 aromatic rings. The third kappa shape index (κ3) is 0.624. The fourth-order valence-corrected chi connectivity index (χ4v) is 2.80. The van der Waals surface area contributed by atoms with Gasteiger partial charge < -0.3 is 0 Å². The molecule has 0 saturated heterocycles. The van der Waals surface area contributed by atoms with Gasteiger partial charge in [-0.1, -0.05) is 26.0 Å². The van der Waals surface area contributed by atoms with Crippen LogP contribution in [0.4, 0.5) is 0 Å². The summed E-state index contributed by atoms with van der Waals surface area (Å²) in [5.74, 6) is 3.65. The van der Waals surface area contributed by atoms with Gasteiger partial charge in [-0.3, -0.25) is 0 Å². The molecular formula is C10H16. The first-order chi connectivity index (χ1) is 4.70. The fraction of sp³-hybridized carbons (Fsp3) is 0.800. The maximum absolute atomic E-state index is 4.15. The van der Waals surface area contributed by atoms with E-state index in [1.54, 1.807) is 5.57 Å². The molecule has 4 unspecified atom stereocenters. The van der Waals surface area contributed by atoms with Crippen LogP contribution in [0.3, 0.4) is 0 Å². The standard InChI is InChI=1S/C10H16/c1-6-4-7(2)10-5-9(6)8(10)3/h6-7,9-10H,3-5H2,1-2H3. The molecule has 3 saturated carbocycles. The van der Waals surface area contributed by atoms with Gasteiger partial charge in [0, 0.05) is 0 Å². The number of fused-ring (bicyclic) bond motifs is 2. The summed E-state index contributed by atoms with van der Waals surface area (Å²) in [7, 11) is 0. The number of hydrogen-bond donors (Lipinski definition) is 0. The molecule has 3 fully saturated rings. The quantitative estimate of drug-likeness (QED) is 0.449. The Morgan fingerprint density at radius 3 is 1.90 bits per heavy atom. The van der Waals surface area contributed by atoms with E-state index in [1.165, 1.54) is 12.8 Å². The van der Waals surface area contributed by atoms with Gasteiger partial charge in [0.25, 0.3) is 0 Å². The van der Waals surface area contributed by atoms with Gasteiger partial charge >= 0.3 is 0 Å². The molecule has 56 valence electrons. The molecule has 0 aromatic carbocycles. The highest BCUT2D eigenvalue weighted by Gasteiger charge is 2.44. The summed E-state index contributed by atoms with van der Waals surface area (Å²) < 4.78 is 0. The van der Waals surface area contributed by atoms with Gasteiger partial charge in [0.2, 0.25) is 0 Å². The maximum Gasteiger partial charge on any atom is -0.0171 e. The maximum atomic E-state index is 4.15. The van der Waals surface area contributed by atoms with Gasteiger partial charge in [-0.2, -0.15) is 0 Å². The van der Waals surface area contributed by atoms with E-state index < -0.39 is 0 Å². The van der Waals surface area contributed by atoms with Crippen molar-refractivity contribution in [2.75, 3.05) is 0 Å². The van der Waals surface area contributed by atoms with Crippen LogP contribution in [0.15, 0.2) is 12.2 Å². The molecular weight excluding hydrogens is 120 g/mol. The first-order valence-electron chi connectivity index (χ1n) is 4.39. The molecule has 0 heterocycles. The second kappa shape index (κ2) is 1.87. The molecule has 0 heteroatoms. The van der Waals surface area contributed by atoms with Crippen molar-refractivity contribution in [3.63, 3.8) is 0 Å². The minimum Gasteiger partial charge on any atom is -0.0993 e. The minimum atomic E-state index is 0.904. The topological polar surface area (TPSA) is 0 Å². The molecule has 0 aliphatic heterocycles. The molecule has 3 aliphatic rings. The van der Waals surface area contributed by atoms with E-state index in [9.17, 15) is 0 Å². The van der Waals surface area contributed by atoms with Crippen LogP contribution in [-0.2, 0) is 0 Å². The number of rotatable bonds is 0. The lowest BCUT2D eigenvalue weighted by Gasteiger charge is -2.51. The molecule has 3 aliphatic carbocycles. The summed E-state index contributed by atoms with van der Waals surface area (Å²) in [6.07, 6.45) is 2.88. The second-order valence-electron chi connectivity index (χ2n) is 4.21. The number of hydrogen-bond acceptors (Lipinski definition) is 0. The molecule has 0 amide bonds. The minimum absolute atomic E-state index is 0.904. The molecule has 2 bridgehead atoms. The molecule has 0 N–H and O–H groups in total. The van der Waals surface area contributed by atoms with Crippen molar-refractivity contribution in [2.45, 2.75) is 26.7 Å². The van der Waals surface area contributed by atoms with Gasteiger partial charge in [0.05, 0.1) is 0 Å². The highest BCUT2D eigenvalue weighted by molar-refractivity contribution is 5.21. The normalized spacial score (nSPS) is 52.4. The third-order valence-electron chi connectivity index (χ3n) is 3.58. The van der Waals surface area contributed by atoms with E-state index in [1.807, 2.05) is 0 Å². The zero-order valence-corrected chi connectivity index (χ0v) is 6.93. The largest absolute Gasteiger partial charge is 0.0993 e. The van der Waals surface area contributed by atoms with Crippen molar-refractivity contribution < 1.29 is 0 Å². The van der Waals surface area contributed by atoms with Crippen LogP contribution in [0, 0.1) is 23.7 Å². The Morgan fingerprint density at radius 2 is 1.60 bits per heavy atom. The molecule has 4 atom stereocenters. The van der Waals surface area contributed by atoms with Gasteiger partial charge in [0.15, 0.2) is 0 Å². The van der Waals surface area contributed by atoms with Crippen molar-refractivity contribution in [2.24, 2.45) is 23.7 Å². The Labute approximate surface area is 63.3 Å². The van der Waals surface area contributed by atoms with E-state index in [2.05, 4.69) is 20.4 Å². The average Bonchev–Trinajstić information content (AvgIpc) is 1.83. The van der Waals surface area contributed by atoms with Crippen LogP contribution >= 0.6 is 0 Å². The van der Waals surface area contributed by atoms with Crippen LogP contribution in [-0.4, -0.2) is 0 Å². The predicted molar refractivity (Wildman–Crippen MR) is 43.7 cm³/mol. The van der Waals surface area contributed by atoms with E-state index in [4.69, 9.17) is 0 Å². The van der Waals surface area contributed by atoms with Crippen LogP contribution in [0.2, 0.25) is 0 Å². The van der Waals surface area contributed by atoms with E-state index >= 15 is 0 Å². The fourth-order valence-electron chi connectivity index (χ4n) is 2.80. The molecule has 3 rings (SSSR count). The second-order valence-corrected chi connectivity index (χ2v) is 4.21. The summed E-state index contributed by atoms with van der Waals surface area (Å²) in [5.41, 5.74) is 1.56. The summed E-state index contributed by atoms with van der Waals surface area (Å²) in [5, 5.41) is 0. The van der Waals surface area contributed by atoms with E-state index in [0.29, 0.717) is 0 Å². The Morgan fingerprint density at radius 1 is 1.10 bits per heavy atom. The Bertz CT molecular complexity index is 153. The lowest BCUT2D eigenvalue weighted by Crippen LogP contribution is -2.42. The molecule has 0 radical (unpaired) electrons. The van der Waals surface area contributed by atoms with Gasteiger partial charge in [0.1, 0.15) is 0 Å².